The van der Waals surface area contributed by atoms with Crippen molar-refractivity contribution < 1.29 is 4.79 Å². The van der Waals surface area contributed by atoms with Gasteiger partial charge in [0.15, 0.2) is 0 Å². The molecule has 1 amide bonds. The fourth-order valence-electron chi connectivity index (χ4n) is 1.39. The van der Waals surface area contributed by atoms with Crippen LogP contribution in [-0.2, 0) is 11.3 Å². The van der Waals surface area contributed by atoms with Gasteiger partial charge >= 0.3 is 0 Å². The lowest BCUT2D eigenvalue weighted by Crippen LogP contribution is -2.25. The Morgan fingerprint density at radius 2 is 2.00 bits per heavy atom. The summed E-state index contributed by atoms with van der Waals surface area (Å²) in [4.78, 5) is 13.1. The van der Waals surface area contributed by atoms with Crippen molar-refractivity contribution >= 4 is 12.0 Å². The summed E-state index contributed by atoms with van der Waals surface area (Å²) in [6.45, 7) is 6.24. The van der Waals surface area contributed by atoms with Crippen LogP contribution >= 0.6 is 0 Å². The molecule has 1 rings (SSSR count). The van der Waals surface area contributed by atoms with E-state index < -0.39 is 0 Å². The van der Waals surface area contributed by atoms with E-state index >= 15 is 0 Å². The van der Waals surface area contributed by atoms with Crippen LogP contribution in [0, 0.1) is 0 Å². The van der Waals surface area contributed by atoms with Crippen LogP contribution in [0.15, 0.2) is 30.8 Å². The van der Waals surface area contributed by atoms with Gasteiger partial charge in [0.05, 0.1) is 0 Å². The molecule has 0 unspecified atom stereocenters. The van der Waals surface area contributed by atoms with Crippen LogP contribution < -0.4 is 0 Å². The molecule has 0 radical (unpaired) electrons. The minimum Gasteiger partial charge on any atom is -0.341 e. The molecule has 2 nitrogen and oxygen atoms in total. The topological polar surface area (TPSA) is 20.3 Å². The van der Waals surface area contributed by atoms with Gasteiger partial charge in [0.25, 0.3) is 0 Å². The molecule has 0 spiro atoms. The zero-order valence-electron chi connectivity index (χ0n) is 9.36. The SMILES string of the molecule is C=Cc1ccc(CN(C)C(=O)CC)cc1. The molecule has 0 heterocycles. The number of benzene rings is 1. The molecule has 15 heavy (non-hydrogen) atoms. The summed E-state index contributed by atoms with van der Waals surface area (Å²) < 4.78 is 0. The standard InChI is InChI=1S/C13H17NO/c1-4-11-6-8-12(9-7-11)10-14(3)13(15)5-2/h4,6-9H,1,5,10H2,2-3H3. The molecule has 80 valence electrons. The van der Waals surface area contributed by atoms with E-state index in [4.69, 9.17) is 0 Å². The second-order valence-corrected chi connectivity index (χ2v) is 3.55. The number of amides is 1. The van der Waals surface area contributed by atoms with Crippen LogP contribution in [0.4, 0.5) is 0 Å². The van der Waals surface area contributed by atoms with Gasteiger partial charge in [-0.25, -0.2) is 0 Å². The number of nitrogens with zero attached hydrogens (tertiary/aromatic N) is 1. The van der Waals surface area contributed by atoms with Crippen LogP contribution in [0.3, 0.4) is 0 Å². The van der Waals surface area contributed by atoms with Gasteiger partial charge in [0, 0.05) is 20.0 Å². The van der Waals surface area contributed by atoms with Gasteiger partial charge in [0.1, 0.15) is 0 Å². The molecule has 2 heteroatoms. The Kier molecular flexibility index (Phi) is 4.10. The Labute approximate surface area is 91.2 Å². The van der Waals surface area contributed by atoms with E-state index in [2.05, 4.69) is 6.58 Å². The summed E-state index contributed by atoms with van der Waals surface area (Å²) in [6.07, 6.45) is 2.37. The lowest BCUT2D eigenvalue weighted by Gasteiger charge is -2.16. The largest absolute Gasteiger partial charge is 0.341 e. The number of carbonyl (C=O) groups excluding carboxylic acids is 1. The monoisotopic (exact) mass is 203 g/mol. The molecular formula is C13H17NO. The van der Waals surface area contributed by atoms with E-state index in [1.165, 1.54) is 0 Å². The lowest BCUT2D eigenvalue weighted by molar-refractivity contribution is -0.130. The van der Waals surface area contributed by atoms with Gasteiger partial charge in [-0.3, -0.25) is 4.79 Å². The first kappa shape index (κ1) is 11.5. The van der Waals surface area contributed by atoms with Gasteiger partial charge in [-0.05, 0) is 11.1 Å². The van der Waals surface area contributed by atoms with Crippen LogP contribution in [0.1, 0.15) is 24.5 Å². The molecule has 0 N–H and O–H groups in total. The molecule has 0 atom stereocenters. The maximum atomic E-state index is 11.3. The summed E-state index contributed by atoms with van der Waals surface area (Å²) in [6, 6.07) is 8.06. The number of hydrogen-bond donors (Lipinski definition) is 0. The summed E-state index contributed by atoms with van der Waals surface area (Å²) in [5.74, 6) is 0.169. The maximum absolute atomic E-state index is 11.3. The minimum absolute atomic E-state index is 0.169. The van der Waals surface area contributed by atoms with Gasteiger partial charge in [-0.1, -0.05) is 43.8 Å². The second-order valence-electron chi connectivity index (χ2n) is 3.55. The molecular weight excluding hydrogens is 186 g/mol. The molecule has 0 aliphatic carbocycles. The number of rotatable bonds is 4. The van der Waals surface area contributed by atoms with Crippen molar-refractivity contribution in [2.75, 3.05) is 7.05 Å². The quantitative estimate of drug-likeness (QED) is 0.736. The van der Waals surface area contributed by atoms with Crippen molar-refractivity contribution in [2.24, 2.45) is 0 Å². The summed E-state index contributed by atoms with van der Waals surface area (Å²) >= 11 is 0. The van der Waals surface area contributed by atoms with Crippen molar-refractivity contribution in [3.05, 3.63) is 42.0 Å². The molecule has 0 aromatic heterocycles. The number of hydrogen-bond acceptors (Lipinski definition) is 1. The van der Waals surface area contributed by atoms with Gasteiger partial charge in [-0.2, -0.15) is 0 Å². The van der Waals surface area contributed by atoms with E-state index in [0.29, 0.717) is 13.0 Å². The zero-order valence-corrected chi connectivity index (χ0v) is 9.36. The fraction of sp³-hybridized carbons (Fsp3) is 0.308. The van der Waals surface area contributed by atoms with Crippen molar-refractivity contribution in [1.29, 1.82) is 0 Å². The minimum atomic E-state index is 0.169. The summed E-state index contributed by atoms with van der Waals surface area (Å²) in [5.41, 5.74) is 2.24. The average molecular weight is 203 g/mol. The van der Waals surface area contributed by atoms with Crippen molar-refractivity contribution in [2.45, 2.75) is 19.9 Å². The fourth-order valence-corrected chi connectivity index (χ4v) is 1.39. The first-order chi connectivity index (χ1) is 7.17. The van der Waals surface area contributed by atoms with E-state index in [1.807, 2.05) is 44.3 Å². The third-order valence-electron chi connectivity index (χ3n) is 2.36. The summed E-state index contributed by atoms with van der Waals surface area (Å²) in [7, 11) is 1.83. The number of carbonyl (C=O) groups is 1. The third kappa shape index (κ3) is 3.24. The molecule has 1 aromatic carbocycles. The first-order valence-electron chi connectivity index (χ1n) is 5.12. The maximum Gasteiger partial charge on any atom is 0.222 e. The van der Waals surface area contributed by atoms with Crippen LogP contribution in [-0.4, -0.2) is 17.9 Å². The highest BCUT2D eigenvalue weighted by atomic mass is 16.2. The second kappa shape index (κ2) is 5.35. The molecule has 0 saturated carbocycles. The Balaban J connectivity index is 2.64. The van der Waals surface area contributed by atoms with Crippen molar-refractivity contribution in [3.8, 4) is 0 Å². The average Bonchev–Trinajstić information content (AvgIpc) is 2.29. The molecule has 0 bridgehead atoms. The van der Waals surface area contributed by atoms with Gasteiger partial charge in [0.2, 0.25) is 5.91 Å². The smallest absolute Gasteiger partial charge is 0.222 e. The van der Waals surface area contributed by atoms with Gasteiger partial charge in [-0.15, -0.1) is 0 Å². The highest BCUT2D eigenvalue weighted by Crippen LogP contribution is 2.08. The van der Waals surface area contributed by atoms with Crippen LogP contribution in [0.25, 0.3) is 6.08 Å². The van der Waals surface area contributed by atoms with Crippen molar-refractivity contribution in [3.63, 3.8) is 0 Å². The Bertz CT molecular complexity index is 340. The Hall–Kier alpha value is -1.57. The Morgan fingerprint density at radius 3 is 2.47 bits per heavy atom. The van der Waals surface area contributed by atoms with Crippen LogP contribution in [0.2, 0.25) is 0 Å². The van der Waals surface area contributed by atoms with Crippen LogP contribution in [0.5, 0.6) is 0 Å². The lowest BCUT2D eigenvalue weighted by atomic mass is 10.1. The molecule has 0 saturated heterocycles. The molecule has 0 fully saturated rings. The predicted octanol–water partition coefficient (Wildman–Crippen LogP) is 2.70. The molecule has 0 aliphatic rings. The zero-order chi connectivity index (χ0) is 11.3. The Morgan fingerprint density at radius 1 is 1.40 bits per heavy atom. The summed E-state index contributed by atoms with van der Waals surface area (Å²) in [5, 5.41) is 0. The van der Waals surface area contributed by atoms with E-state index in [1.54, 1.807) is 4.90 Å². The molecule has 1 aromatic rings. The van der Waals surface area contributed by atoms with Gasteiger partial charge < -0.3 is 4.90 Å². The first-order valence-corrected chi connectivity index (χ1v) is 5.12. The van der Waals surface area contributed by atoms with Crippen molar-refractivity contribution in [1.82, 2.24) is 4.90 Å². The van der Waals surface area contributed by atoms with E-state index in [0.717, 1.165) is 11.1 Å². The van der Waals surface area contributed by atoms with E-state index in [9.17, 15) is 4.79 Å². The highest BCUT2D eigenvalue weighted by Gasteiger charge is 2.05. The van der Waals surface area contributed by atoms with E-state index in [-0.39, 0.29) is 5.91 Å². The highest BCUT2D eigenvalue weighted by molar-refractivity contribution is 5.75. The molecule has 0 aliphatic heterocycles. The third-order valence-corrected chi connectivity index (χ3v) is 2.36. The predicted molar refractivity (Wildman–Crippen MR) is 63.3 cm³/mol. The normalized spacial score (nSPS) is 9.73.